The highest BCUT2D eigenvalue weighted by atomic mass is 32.2. The molecule has 2 rings (SSSR count). The smallest absolute Gasteiger partial charge is 0.150 e. The first-order chi connectivity index (χ1) is 8.11. The normalized spacial score (nSPS) is 22.9. The maximum atomic E-state index is 11.5. The molecular weight excluding hydrogens is 234 g/mol. The van der Waals surface area contributed by atoms with Crippen LogP contribution in [-0.4, -0.2) is 19.9 Å². The first-order valence-corrected chi connectivity index (χ1v) is 7.61. The largest absolute Gasteiger partial charge is 0.229 e. The molecular formula is C13H15NO2S. The summed E-state index contributed by atoms with van der Waals surface area (Å²) in [5.74, 6) is 0.763. The highest BCUT2D eigenvalue weighted by molar-refractivity contribution is 7.91. The fourth-order valence-corrected chi connectivity index (χ4v) is 4.17. The molecule has 1 atom stereocenters. The maximum Gasteiger partial charge on any atom is 0.150 e. The van der Waals surface area contributed by atoms with Crippen LogP contribution in [0.3, 0.4) is 0 Å². The molecule has 1 saturated heterocycles. The number of sulfone groups is 1. The average molecular weight is 249 g/mol. The Morgan fingerprint density at radius 2 is 2.12 bits per heavy atom. The topological polar surface area (TPSA) is 57.9 Å². The van der Waals surface area contributed by atoms with Crippen LogP contribution in [0.2, 0.25) is 0 Å². The van der Waals surface area contributed by atoms with Crippen LogP contribution < -0.4 is 0 Å². The molecule has 0 saturated carbocycles. The molecule has 90 valence electrons. The molecule has 0 amide bonds. The molecule has 0 radical (unpaired) electrons. The van der Waals surface area contributed by atoms with Crippen LogP contribution in [-0.2, 0) is 16.3 Å². The fraction of sp³-hybridized carbons (Fsp3) is 0.462. The molecule has 1 aromatic rings. The van der Waals surface area contributed by atoms with Gasteiger partial charge in [-0.25, -0.2) is 8.42 Å². The minimum atomic E-state index is -2.85. The van der Waals surface area contributed by atoms with E-state index in [1.807, 2.05) is 18.2 Å². The molecule has 4 heteroatoms. The Hall–Kier alpha value is -1.34. The van der Waals surface area contributed by atoms with Crippen LogP contribution in [0, 0.1) is 17.2 Å². The second kappa shape index (κ2) is 4.89. The molecule has 1 aromatic carbocycles. The van der Waals surface area contributed by atoms with Crippen molar-refractivity contribution in [1.29, 1.82) is 5.26 Å². The number of nitrogens with zero attached hydrogens (tertiary/aromatic N) is 1. The van der Waals surface area contributed by atoms with Gasteiger partial charge in [0.05, 0.1) is 23.1 Å². The van der Waals surface area contributed by atoms with E-state index in [9.17, 15) is 8.42 Å². The first kappa shape index (κ1) is 12.1. The zero-order valence-corrected chi connectivity index (χ0v) is 10.4. The summed E-state index contributed by atoms with van der Waals surface area (Å²) in [5, 5.41) is 8.98. The highest BCUT2D eigenvalue weighted by Gasteiger charge is 2.25. The van der Waals surface area contributed by atoms with Gasteiger partial charge in [0.25, 0.3) is 0 Å². The van der Waals surface area contributed by atoms with Gasteiger partial charge in [-0.1, -0.05) is 18.2 Å². The number of hydrogen-bond donors (Lipinski definition) is 0. The summed E-state index contributed by atoms with van der Waals surface area (Å²) in [6.45, 7) is 0. The van der Waals surface area contributed by atoms with Crippen molar-refractivity contribution in [2.45, 2.75) is 19.3 Å². The van der Waals surface area contributed by atoms with E-state index >= 15 is 0 Å². The van der Waals surface area contributed by atoms with Crippen molar-refractivity contribution < 1.29 is 8.42 Å². The molecule has 0 bridgehead atoms. The monoisotopic (exact) mass is 249 g/mol. The van der Waals surface area contributed by atoms with Gasteiger partial charge in [0.2, 0.25) is 0 Å². The Morgan fingerprint density at radius 3 is 2.82 bits per heavy atom. The molecule has 0 aliphatic carbocycles. The van der Waals surface area contributed by atoms with Crippen LogP contribution in [0.1, 0.15) is 24.0 Å². The van der Waals surface area contributed by atoms with Crippen molar-refractivity contribution in [3.63, 3.8) is 0 Å². The predicted molar refractivity (Wildman–Crippen MR) is 66.2 cm³/mol. The van der Waals surface area contributed by atoms with Gasteiger partial charge < -0.3 is 0 Å². The predicted octanol–water partition coefficient (Wildman–Crippen LogP) is 1.93. The van der Waals surface area contributed by atoms with Crippen LogP contribution in [0.5, 0.6) is 0 Å². The Balaban J connectivity index is 2.14. The minimum absolute atomic E-state index is 0.170. The van der Waals surface area contributed by atoms with Crippen LogP contribution >= 0.6 is 0 Å². The number of hydrogen-bond acceptors (Lipinski definition) is 3. The molecule has 0 unspecified atom stereocenters. The summed E-state index contributed by atoms with van der Waals surface area (Å²) in [4.78, 5) is 0. The lowest BCUT2D eigenvalue weighted by molar-refractivity contribution is 0.483. The highest BCUT2D eigenvalue weighted by Crippen LogP contribution is 2.23. The molecule has 0 N–H and O–H groups in total. The number of benzene rings is 1. The minimum Gasteiger partial charge on any atom is -0.229 e. The summed E-state index contributed by atoms with van der Waals surface area (Å²) in [7, 11) is -2.85. The second-order valence-corrected chi connectivity index (χ2v) is 6.82. The van der Waals surface area contributed by atoms with Crippen molar-refractivity contribution >= 4 is 9.84 Å². The van der Waals surface area contributed by atoms with Gasteiger partial charge in [0.15, 0.2) is 9.84 Å². The number of nitriles is 1. The summed E-state index contributed by atoms with van der Waals surface area (Å²) >= 11 is 0. The zero-order valence-electron chi connectivity index (χ0n) is 9.59. The molecule has 0 spiro atoms. The molecule has 0 aromatic heterocycles. The van der Waals surface area contributed by atoms with Gasteiger partial charge in [-0.3, -0.25) is 0 Å². The van der Waals surface area contributed by atoms with Crippen LogP contribution in [0.4, 0.5) is 0 Å². The van der Waals surface area contributed by atoms with E-state index in [1.54, 1.807) is 6.07 Å². The lowest BCUT2D eigenvalue weighted by Crippen LogP contribution is -2.26. The summed E-state index contributed by atoms with van der Waals surface area (Å²) in [6, 6.07) is 9.59. The Bertz CT molecular complexity index is 543. The summed E-state index contributed by atoms with van der Waals surface area (Å²) < 4.78 is 23.1. The average Bonchev–Trinajstić information content (AvgIpc) is 2.28. The third-order valence-corrected chi connectivity index (χ3v) is 5.09. The zero-order chi connectivity index (χ0) is 12.3. The van der Waals surface area contributed by atoms with E-state index in [-0.39, 0.29) is 11.7 Å². The van der Waals surface area contributed by atoms with E-state index in [2.05, 4.69) is 6.07 Å². The van der Waals surface area contributed by atoms with Crippen molar-refractivity contribution in [1.82, 2.24) is 0 Å². The molecule has 1 aliphatic heterocycles. The van der Waals surface area contributed by atoms with E-state index < -0.39 is 9.84 Å². The van der Waals surface area contributed by atoms with E-state index in [0.29, 0.717) is 17.7 Å². The lowest BCUT2D eigenvalue weighted by Gasteiger charge is -2.22. The Labute approximate surface area is 102 Å². The van der Waals surface area contributed by atoms with E-state index in [1.165, 1.54) is 0 Å². The van der Waals surface area contributed by atoms with Crippen LogP contribution in [0.15, 0.2) is 24.3 Å². The lowest BCUT2D eigenvalue weighted by atomic mass is 9.94. The maximum absolute atomic E-state index is 11.5. The summed E-state index contributed by atoms with van der Waals surface area (Å²) in [5.41, 5.74) is 1.63. The molecule has 1 heterocycles. The number of rotatable bonds is 2. The van der Waals surface area contributed by atoms with Gasteiger partial charge in [0.1, 0.15) is 0 Å². The Kier molecular flexibility index (Phi) is 3.49. The van der Waals surface area contributed by atoms with Gasteiger partial charge in [-0.05, 0) is 36.8 Å². The van der Waals surface area contributed by atoms with Gasteiger partial charge in [-0.15, -0.1) is 0 Å². The van der Waals surface area contributed by atoms with Crippen molar-refractivity contribution in [3.8, 4) is 6.07 Å². The second-order valence-electron chi connectivity index (χ2n) is 4.60. The SMILES string of the molecule is N#Cc1ccccc1C[C@@H]1CCCS(=O)(=O)C1. The van der Waals surface area contributed by atoms with Crippen molar-refractivity contribution in [3.05, 3.63) is 35.4 Å². The Morgan fingerprint density at radius 1 is 1.35 bits per heavy atom. The third kappa shape index (κ3) is 3.07. The molecule has 1 fully saturated rings. The summed E-state index contributed by atoms with van der Waals surface area (Å²) in [6.07, 6.45) is 2.39. The standard InChI is InChI=1S/C13H15NO2S/c14-9-13-6-2-1-5-12(13)8-11-4-3-7-17(15,16)10-11/h1-2,5-6,11H,3-4,7-8,10H2/t11-/m0/s1. The van der Waals surface area contributed by atoms with Crippen molar-refractivity contribution in [2.24, 2.45) is 5.92 Å². The molecule has 17 heavy (non-hydrogen) atoms. The molecule has 3 nitrogen and oxygen atoms in total. The van der Waals surface area contributed by atoms with Gasteiger partial charge in [0, 0.05) is 0 Å². The van der Waals surface area contributed by atoms with Crippen molar-refractivity contribution in [2.75, 3.05) is 11.5 Å². The van der Waals surface area contributed by atoms with E-state index in [4.69, 9.17) is 5.26 Å². The van der Waals surface area contributed by atoms with Crippen LogP contribution in [0.25, 0.3) is 0 Å². The van der Waals surface area contributed by atoms with Gasteiger partial charge >= 0.3 is 0 Å². The fourth-order valence-electron chi connectivity index (χ4n) is 2.40. The third-order valence-electron chi connectivity index (χ3n) is 3.20. The molecule has 1 aliphatic rings. The van der Waals surface area contributed by atoms with Gasteiger partial charge in [-0.2, -0.15) is 5.26 Å². The quantitative estimate of drug-likeness (QED) is 0.804. The first-order valence-electron chi connectivity index (χ1n) is 5.79. The van der Waals surface area contributed by atoms with E-state index in [0.717, 1.165) is 18.4 Å².